The van der Waals surface area contributed by atoms with Crippen molar-refractivity contribution in [1.29, 1.82) is 0 Å². The van der Waals surface area contributed by atoms with E-state index in [1.807, 2.05) is 6.92 Å². The topological polar surface area (TPSA) is 70.6 Å². The number of guanidine groups is 1. The number of aliphatic imine (C=N–C) groups is 1. The first kappa shape index (κ1) is 18.3. The van der Waals surface area contributed by atoms with E-state index in [0.29, 0.717) is 12.5 Å². The Morgan fingerprint density at radius 2 is 2.06 bits per heavy atom. The normalized spacial score (nSPS) is 13.1. The molecule has 1 unspecified atom stereocenters. The number of hydrogen-bond acceptors (Lipinski definition) is 2. The van der Waals surface area contributed by atoms with Crippen LogP contribution in [-0.2, 0) is 0 Å². The minimum atomic E-state index is 0. The van der Waals surface area contributed by atoms with Gasteiger partial charge in [0.15, 0.2) is 5.96 Å². The highest BCUT2D eigenvalue weighted by Crippen LogP contribution is 1.97. The number of hydrogen-bond donors (Lipinski definition) is 3. The van der Waals surface area contributed by atoms with Crippen molar-refractivity contribution in [2.75, 3.05) is 19.7 Å². The van der Waals surface area contributed by atoms with E-state index < -0.39 is 0 Å². The van der Waals surface area contributed by atoms with Gasteiger partial charge in [0.05, 0.1) is 0 Å². The third-order valence-corrected chi connectivity index (χ3v) is 2.22. The molecular weight excluding hydrogens is 317 g/mol. The average molecular weight is 343 g/mol. The Bertz CT molecular complexity index is 177. The number of aliphatic hydroxyl groups excluding tert-OH is 1. The lowest BCUT2D eigenvalue weighted by Gasteiger charge is -2.07. The molecule has 4 nitrogen and oxygen atoms in total. The van der Waals surface area contributed by atoms with Crippen molar-refractivity contribution < 1.29 is 5.11 Å². The lowest BCUT2D eigenvalue weighted by Crippen LogP contribution is -2.33. The van der Waals surface area contributed by atoms with Gasteiger partial charge in [-0.15, -0.1) is 24.0 Å². The van der Waals surface area contributed by atoms with E-state index in [2.05, 4.69) is 17.2 Å². The largest absolute Gasteiger partial charge is 0.396 e. The van der Waals surface area contributed by atoms with Crippen molar-refractivity contribution in [2.45, 2.75) is 39.5 Å². The molecule has 0 fully saturated rings. The standard InChI is InChI=1S/C11H25N3O.HI/c1-3-4-5-6-7-13-11(12)14-8-10(2)9-15;/h10,15H,3-9H2,1-2H3,(H3,12,13,14);1H. The summed E-state index contributed by atoms with van der Waals surface area (Å²) in [6.45, 7) is 5.78. The van der Waals surface area contributed by atoms with Gasteiger partial charge in [-0.2, -0.15) is 0 Å². The first-order chi connectivity index (χ1) is 7.20. The van der Waals surface area contributed by atoms with Crippen molar-refractivity contribution in [3.05, 3.63) is 0 Å². The van der Waals surface area contributed by atoms with Crippen LogP contribution >= 0.6 is 24.0 Å². The first-order valence-corrected chi connectivity index (χ1v) is 5.85. The molecule has 0 aromatic carbocycles. The molecule has 0 radical (unpaired) electrons. The van der Waals surface area contributed by atoms with Crippen LogP contribution in [0.5, 0.6) is 0 Å². The highest BCUT2D eigenvalue weighted by atomic mass is 127. The van der Waals surface area contributed by atoms with Crippen molar-refractivity contribution in [3.63, 3.8) is 0 Å². The van der Waals surface area contributed by atoms with Crippen molar-refractivity contribution in [2.24, 2.45) is 16.6 Å². The van der Waals surface area contributed by atoms with Gasteiger partial charge in [-0.3, -0.25) is 4.99 Å². The van der Waals surface area contributed by atoms with Gasteiger partial charge in [0.2, 0.25) is 0 Å². The van der Waals surface area contributed by atoms with E-state index in [0.717, 1.165) is 13.0 Å². The Kier molecular flexibility index (Phi) is 14.9. The molecule has 98 valence electrons. The summed E-state index contributed by atoms with van der Waals surface area (Å²) in [6.07, 6.45) is 4.90. The predicted molar refractivity (Wildman–Crippen MR) is 80.3 cm³/mol. The molecule has 5 heteroatoms. The van der Waals surface area contributed by atoms with E-state index >= 15 is 0 Å². The summed E-state index contributed by atoms with van der Waals surface area (Å²) in [5.74, 6) is 0.678. The Morgan fingerprint density at radius 3 is 2.62 bits per heavy atom. The number of nitrogens with one attached hydrogen (secondary N) is 1. The fourth-order valence-corrected chi connectivity index (χ4v) is 1.14. The SMILES string of the molecule is CCCCCCNC(N)=NCC(C)CO.I. The van der Waals surface area contributed by atoms with E-state index in [1.54, 1.807) is 0 Å². The number of nitrogens with two attached hydrogens (primary N) is 1. The summed E-state index contributed by atoms with van der Waals surface area (Å²) in [6, 6.07) is 0. The summed E-state index contributed by atoms with van der Waals surface area (Å²) in [7, 11) is 0. The molecule has 0 saturated carbocycles. The molecule has 4 N–H and O–H groups in total. The van der Waals surface area contributed by atoms with Crippen molar-refractivity contribution in [3.8, 4) is 0 Å². The minimum absolute atomic E-state index is 0. The molecule has 0 heterocycles. The zero-order chi connectivity index (χ0) is 11.5. The van der Waals surface area contributed by atoms with Gasteiger partial charge in [0, 0.05) is 19.7 Å². The molecule has 1 atom stereocenters. The van der Waals surface area contributed by atoms with E-state index in [4.69, 9.17) is 10.8 Å². The maximum Gasteiger partial charge on any atom is 0.188 e. The van der Waals surface area contributed by atoms with Gasteiger partial charge < -0.3 is 16.2 Å². The number of nitrogens with zero attached hydrogens (tertiary/aromatic N) is 1. The predicted octanol–water partition coefficient (Wildman–Crippen LogP) is 1.72. The average Bonchev–Trinajstić information content (AvgIpc) is 2.25. The van der Waals surface area contributed by atoms with Gasteiger partial charge in [0.25, 0.3) is 0 Å². The lowest BCUT2D eigenvalue weighted by atomic mass is 10.2. The maximum atomic E-state index is 8.79. The van der Waals surface area contributed by atoms with Crippen LogP contribution in [0.1, 0.15) is 39.5 Å². The van der Waals surface area contributed by atoms with Crippen LogP contribution in [0.15, 0.2) is 4.99 Å². The molecule has 0 aromatic heterocycles. The quantitative estimate of drug-likeness (QED) is 0.272. The first-order valence-electron chi connectivity index (χ1n) is 5.85. The second kappa shape index (κ2) is 13.0. The summed E-state index contributed by atoms with van der Waals surface area (Å²) in [4.78, 5) is 4.14. The number of halogens is 1. The van der Waals surface area contributed by atoms with Crippen LogP contribution < -0.4 is 11.1 Å². The van der Waals surface area contributed by atoms with Gasteiger partial charge in [-0.1, -0.05) is 33.1 Å². The van der Waals surface area contributed by atoms with Gasteiger partial charge >= 0.3 is 0 Å². The molecule has 0 aromatic rings. The van der Waals surface area contributed by atoms with Gasteiger partial charge in [-0.05, 0) is 12.3 Å². The maximum absolute atomic E-state index is 8.79. The lowest BCUT2D eigenvalue weighted by molar-refractivity contribution is 0.241. The summed E-state index contributed by atoms with van der Waals surface area (Å²) in [5, 5.41) is 11.9. The Labute approximate surface area is 116 Å². The fourth-order valence-electron chi connectivity index (χ4n) is 1.14. The van der Waals surface area contributed by atoms with Gasteiger partial charge in [0.1, 0.15) is 0 Å². The van der Waals surface area contributed by atoms with Crippen LogP contribution in [0, 0.1) is 5.92 Å². The molecule has 0 bridgehead atoms. The molecule has 0 saturated heterocycles. The van der Waals surface area contributed by atoms with Crippen LogP contribution in [0.3, 0.4) is 0 Å². The monoisotopic (exact) mass is 343 g/mol. The van der Waals surface area contributed by atoms with Crippen LogP contribution in [0.4, 0.5) is 0 Å². The Balaban J connectivity index is 0. The Hall–Kier alpha value is -0.0400. The highest BCUT2D eigenvalue weighted by molar-refractivity contribution is 14.0. The summed E-state index contributed by atoms with van der Waals surface area (Å²) < 4.78 is 0. The molecular formula is C11H26IN3O. The third-order valence-electron chi connectivity index (χ3n) is 2.22. The van der Waals surface area contributed by atoms with E-state index in [-0.39, 0.29) is 36.5 Å². The number of rotatable bonds is 8. The van der Waals surface area contributed by atoms with Crippen LogP contribution in [0.25, 0.3) is 0 Å². The van der Waals surface area contributed by atoms with Crippen molar-refractivity contribution >= 4 is 29.9 Å². The third kappa shape index (κ3) is 12.0. The van der Waals surface area contributed by atoms with Crippen molar-refractivity contribution in [1.82, 2.24) is 5.32 Å². The molecule has 0 aliphatic heterocycles. The highest BCUT2D eigenvalue weighted by Gasteiger charge is 1.98. The molecule has 0 rings (SSSR count). The molecule has 0 aliphatic carbocycles. The smallest absolute Gasteiger partial charge is 0.188 e. The minimum Gasteiger partial charge on any atom is -0.396 e. The summed E-state index contributed by atoms with van der Waals surface area (Å²) >= 11 is 0. The Morgan fingerprint density at radius 1 is 1.38 bits per heavy atom. The second-order valence-corrected chi connectivity index (χ2v) is 4.00. The molecule has 16 heavy (non-hydrogen) atoms. The zero-order valence-corrected chi connectivity index (χ0v) is 12.7. The number of aliphatic hydroxyl groups is 1. The van der Waals surface area contributed by atoms with E-state index in [9.17, 15) is 0 Å². The number of unbranched alkanes of at least 4 members (excludes halogenated alkanes) is 3. The summed E-state index contributed by atoms with van der Waals surface area (Å²) in [5.41, 5.74) is 5.65. The molecule has 0 amide bonds. The second-order valence-electron chi connectivity index (χ2n) is 4.00. The zero-order valence-electron chi connectivity index (χ0n) is 10.4. The van der Waals surface area contributed by atoms with Gasteiger partial charge in [-0.25, -0.2) is 0 Å². The molecule has 0 aliphatic rings. The van der Waals surface area contributed by atoms with E-state index in [1.165, 1.54) is 19.3 Å². The molecule has 0 spiro atoms. The fraction of sp³-hybridized carbons (Fsp3) is 0.909. The van der Waals surface area contributed by atoms with Crippen LogP contribution in [-0.4, -0.2) is 30.8 Å². The van der Waals surface area contributed by atoms with Crippen LogP contribution in [0.2, 0.25) is 0 Å².